The molecule has 1 atom stereocenters. The van der Waals surface area contributed by atoms with Gasteiger partial charge in [0, 0.05) is 22.7 Å². The van der Waals surface area contributed by atoms with E-state index in [1.165, 1.54) is 0 Å². The van der Waals surface area contributed by atoms with Crippen LogP contribution >= 0.6 is 35.0 Å². The van der Waals surface area contributed by atoms with Crippen LogP contribution < -0.4 is 5.32 Å². The zero-order valence-electron chi connectivity index (χ0n) is 11.0. The third-order valence-electron chi connectivity index (χ3n) is 3.36. The van der Waals surface area contributed by atoms with Crippen molar-refractivity contribution in [3.63, 3.8) is 0 Å². The Morgan fingerprint density at radius 1 is 1.40 bits per heavy atom. The number of benzene rings is 1. The number of carbonyl (C=O) groups excluding carboxylic acids is 1. The molecule has 1 aromatic rings. The first-order valence-corrected chi connectivity index (χ1v) is 7.22. The van der Waals surface area contributed by atoms with Gasteiger partial charge in [-0.25, -0.2) is 8.78 Å². The molecular weight excluding hydrogens is 401 g/mol. The van der Waals surface area contributed by atoms with Gasteiger partial charge in [0.05, 0.1) is 5.56 Å². The van der Waals surface area contributed by atoms with Crippen LogP contribution in [-0.2, 0) is 0 Å². The standard InChI is InChI=1S/C13H15F2IN2O.ClH/c1-17-8-3-2-4-18(7-8)13(19)9-5-10(14)11(15)6-12(9)16;/h5-6,8,17H,2-4,7H2,1H3;1H. The lowest BCUT2D eigenvalue weighted by Crippen LogP contribution is -2.47. The number of carbonyl (C=O) groups is 1. The van der Waals surface area contributed by atoms with Crippen LogP contribution in [0.1, 0.15) is 23.2 Å². The summed E-state index contributed by atoms with van der Waals surface area (Å²) in [5, 5.41) is 3.15. The van der Waals surface area contributed by atoms with E-state index in [-0.39, 0.29) is 29.9 Å². The molecule has 1 aliphatic heterocycles. The van der Waals surface area contributed by atoms with E-state index in [4.69, 9.17) is 0 Å². The molecule has 0 aliphatic carbocycles. The summed E-state index contributed by atoms with van der Waals surface area (Å²) < 4.78 is 26.8. The molecule has 0 spiro atoms. The quantitative estimate of drug-likeness (QED) is 0.594. The van der Waals surface area contributed by atoms with Crippen molar-refractivity contribution < 1.29 is 13.6 Å². The van der Waals surface area contributed by atoms with E-state index in [0.717, 1.165) is 25.0 Å². The Bertz CT molecular complexity index is 502. The van der Waals surface area contributed by atoms with Crippen molar-refractivity contribution >= 4 is 40.9 Å². The molecule has 1 saturated heterocycles. The molecule has 2 rings (SSSR count). The third-order valence-corrected chi connectivity index (χ3v) is 4.25. The second kappa shape index (κ2) is 7.51. The molecule has 1 fully saturated rings. The molecule has 0 radical (unpaired) electrons. The number of piperidine rings is 1. The van der Waals surface area contributed by atoms with E-state index in [9.17, 15) is 13.6 Å². The molecule has 0 aromatic heterocycles. The van der Waals surface area contributed by atoms with Crippen molar-refractivity contribution in [2.75, 3.05) is 20.1 Å². The summed E-state index contributed by atoms with van der Waals surface area (Å²) in [5.41, 5.74) is 0.233. The maximum absolute atomic E-state index is 13.3. The second-order valence-electron chi connectivity index (χ2n) is 4.63. The normalized spacial score (nSPS) is 18.6. The van der Waals surface area contributed by atoms with Crippen LogP contribution in [0.3, 0.4) is 0 Å². The molecule has 1 amide bonds. The van der Waals surface area contributed by atoms with Gasteiger partial charge >= 0.3 is 0 Å². The number of rotatable bonds is 2. The molecule has 1 aromatic carbocycles. The van der Waals surface area contributed by atoms with Gasteiger partial charge in [0.2, 0.25) is 0 Å². The van der Waals surface area contributed by atoms with E-state index in [1.54, 1.807) is 4.90 Å². The minimum Gasteiger partial charge on any atom is -0.337 e. The van der Waals surface area contributed by atoms with Crippen LogP contribution in [0.4, 0.5) is 8.78 Å². The van der Waals surface area contributed by atoms with Gasteiger partial charge in [-0.1, -0.05) is 0 Å². The highest BCUT2D eigenvalue weighted by atomic mass is 127. The minimum absolute atomic E-state index is 0. The molecule has 1 aliphatic rings. The van der Waals surface area contributed by atoms with E-state index < -0.39 is 11.6 Å². The highest BCUT2D eigenvalue weighted by Gasteiger charge is 2.25. The van der Waals surface area contributed by atoms with Crippen molar-refractivity contribution in [2.24, 2.45) is 0 Å². The van der Waals surface area contributed by atoms with Gasteiger partial charge in [-0.15, -0.1) is 12.4 Å². The minimum atomic E-state index is -0.981. The van der Waals surface area contributed by atoms with Crippen LogP contribution in [0.25, 0.3) is 0 Å². The fourth-order valence-corrected chi connectivity index (χ4v) is 2.91. The number of hydrogen-bond donors (Lipinski definition) is 1. The van der Waals surface area contributed by atoms with Crippen LogP contribution in [0.2, 0.25) is 0 Å². The Morgan fingerprint density at radius 3 is 2.70 bits per heavy atom. The Morgan fingerprint density at radius 2 is 2.05 bits per heavy atom. The zero-order valence-corrected chi connectivity index (χ0v) is 13.9. The van der Waals surface area contributed by atoms with Crippen LogP contribution in [0, 0.1) is 15.2 Å². The monoisotopic (exact) mass is 416 g/mol. The van der Waals surface area contributed by atoms with E-state index >= 15 is 0 Å². The lowest BCUT2D eigenvalue weighted by atomic mass is 10.0. The molecule has 1 heterocycles. The molecule has 3 nitrogen and oxygen atoms in total. The molecule has 1 unspecified atom stereocenters. The van der Waals surface area contributed by atoms with E-state index in [1.807, 2.05) is 29.6 Å². The van der Waals surface area contributed by atoms with Gasteiger partial charge in [-0.2, -0.15) is 0 Å². The maximum atomic E-state index is 13.3. The fraction of sp³-hybridized carbons (Fsp3) is 0.462. The molecule has 112 valence electrons. The van der Waals surface area contributed by atoms with Crippen molar-refractivity contribution in [3.05, 3.63) is 32.9 Å². The first-order valence-electron chi connectivity index (χ1n) is 6.14. The Hall–Kier alpha value is -0.470. The summed E-state index contributed by atoms with van der Waals surface area (Å²) in [5.74, 6) is -2.14. The summed E-state index contributed by atoms with van der Waals surface area (Å²) >= 11 is 1.86. The Balaban J connectivity index is 0.00000200. The number of halogens is 4. The average Bonchev–Trinajstić information content (AvgIpc) is 2.42. The third kappa shape index (κ3) is 3.79. The van der Waals surface area contributed by atoms with Gasteiger partial charge in [-0.3, -0.25) is 4.79 Å². The van der Waals surface area contributed by atoms with Crippen molar-refractivity contribution in [2.45, 2.75) is 18.9 Å². The van der Waals surface area contributed by atoms with Crippen molar-refractivity contribution in [1.29, 1.82) is 0 Å². The van der Waals surface area contributed by atoms with Gasteiger partial charge < -0.3 is 10.2 Å². The number of nitrogens with zero attached hydrogens (tertiary/aromatic N) is 1. The average molecular weight is 417 g/mol. The highest BCUT2D eigenvalue weighted by molar-refractivity contribution is 14.1. The fourth-order valence-electron chi connectivity index (χ4n) is 2.25. The molecule has 20 heavy (non-hydrogen) atoms. The van der Waals surface area contributed by atoms with E-state index in [2.05, 4.69) is 5.32 Å². The molecule has 1 N–H and O–H groups in total. The van der Waals surface area contributed by atoms with Crippen LogP contribution in [0.5, 0.6) is 0 Å². The van der Waals surface area contributed by atoms with Gasteiger partial charge in [0.1, 0.15) is 0 Å². The topological polar surface area (TPSA) is 32.3 Å². The SMILES string of the molecule is CNC1CCCN(C(=O)c2cc(F)c(F)cc2I)C1.Cl. The first kappa shape index (κ1) is 17.6. The molecule has 0 bridgehead atoms. The predicted octanol–water partition coefficient (Wildman–Crippen LogP) is 2.82. The number of nitrogens with one attached hydrogen (secondary N) is 1. The second-order valence-corrected chi connectivity index (χ2v) is 5.79. The lowest BCUT2D eigenvalue weighted by Gasteiger charge is -2.32. The number of likely N-dealkylation sites (N-methyl/N-ethyl adjacent to an activating group) is 1. The summed E-state index contributed by atoms with van der Waals surface area (Å²) in [7, 11) is 1.86. The van der Waals surface area contributed by atoms with Gasteiger partial charge in [0.15, 0.2) is 11.6 Å². The van der Waals surface area contributed by atoms with Crippen LogP contribution in [-0.4, -0.2) is 37.0 Å². The summed E-state index contributed by atoms with van der Waals surface area (Å²) in [6.07, 6.45) is 1.94. The predicted molar refractivity (Wildman–Crippen MR) is 84.3 cm³/mol. The Kier molecular flexibility index (Phi) is 6.60. The van der Waals surface area contributed by atoms with Crippen LogP contribution in [0.15, 0.2) is 12.1 Å². The number of hydrogen-bond acceptors (Lipinski definition) is 2. The zero-order chi connectivity index (χ0) is 14.0. The smallest absolute Gasteiger partial charge is 0.255 e. The van der Waals surface area contributed by atoms with Gasteiger partial charge in [-0.05, 0) is 54.6 Å². The van der Waals surface area contributed by atoms with Crippen molar-refractivity contribution in [1.82, 2.24) is 10.2 Å². The lowest BCUT2D eigenvalue weighted by molar-refractivity contribution is 0.0696. The summed E-state index contributed by atoms with van der Waals surface area (Å²) in [6.45, 7) is 1.26. The summed E-state index contributed by atoms with van der Waals surface area (Å²) in [6, 6.07) is 2.31. The van der Waals surface area contributed by atoms with Crippen molar-refractivity contribution in [3.8, 4) is 0 Å². The van der Waals surface area contributed by atoms with E-state index in [0.29, 0.717) is 16.7 Å². The highest BCUT2D eigenvalue weighted by Crippen LogP contribution is 2.21. The number of likely N-dealkylation sites (tertiary alicyclic amines) is 1. The largest absolute Gasteiger partial charge is 0.337 e. The maximum Gasteiger partial charge on any atom is 0.255 e. The first-order chi connectivity index (χ1) is 9.02. The van der Waals surface area contributed by atoms with Gasteiger partial charge in [0.25, 0.3) is 5.91 Å². The number of amides is 1. The molecule has 0 saturated carbocycles. The Labute approximate surface area is 136 Å². The molecular formula is C13H16ClF2IN2O. The summed E-state index contributed by atoms with van der Waals surface area (Å²) in [4.78, 5) is 14.0. The molecule has 7 heteroatoms.